The Morgan fingerprint density at radius 1 is 1.24 bits per heavy atom. The largest absolute Gasteiger partial charge is 0.314 e. The maximum absolute atomic E-state index is 14.0. The first-order chi connectivity index (χ1) is 10.2. The summed E-state index contributed by atoms with van der Waals surface area (Å²) in [5, 5.41) is 9.18. The van der Waals surface area contributed by atoms with E-state index < -0.39 is 0 Å². The molecule has 0 unspecified atom stereocenters. The third-order valence-corrected chi connectivity index (χ3v) is 3.65. The number of benzene rings is 2. The fourth-order valence-corrected chi connectivity index (χ4v) is 2.58. The van der Waals surface area contributed by atoms with Gasteiger partial charge in [-0.1, -0.05) is 35.9 Å². The van der Waals surface area contributed by atoms with Gasteiger partial charge in [0, 0.05) is 22.5 Å². The van der Waals surface area contributed by atoms with Crippen molar-refractivity contribution in [1.29, 1.82) is 0 Å². The fraction of sp³-hybridized carbons (Fsp3) is 0.188. The first-order valence-corrected chi connectivity index (χ1v) is 7.10. The molecule has 0 aliphatic heterocycles. The number of hydrogen-bond acceptors (Lipinski definition) is 2. The number of fused-ring (bicyclic) bond motifs is 1. The first kappa shape index (κ1) is 14.0. The highest BCUT2D eigenvalue weighted by Gasteiger charge is 2.11. The lowest BCUT2D eigenvalue weighted by atomic mass is 10.2. The van der Waals surface area contributed by atoms with Crippen molar-refractivity contribution in [2.24, 2.45) is 0 Å². The molecule has 0 fully saturated rings. The van der Waals surface area contributed by atoms with Crippen molar-refractivity contribution in [3.63, 3.8) is 0 Å². The predicted octanol–water partition coefficient (Wildman–Crippen LogP) is 3.60. The zero-order chi connectivity index (χ0) is 14.8. The molecule has 0 saturated heterocycles. The van der Waals surface area contributed by atoms with E-state index in [2.05, 4.69) is 10.4 Å². The van der Waals surface area contributed by atoms with Gasteiger partial charge in [-0.15, -0.1) is 0 Å². The summed E-state index contributed by atoms with van der Waals surface area (Å²) in [6.07, 6.45) is 0. The molecule has 1 aromatic heterocycles. The van der Waals surface area contributed by atoms with Gasteiger partial charge in [-0.25, -0.2) is 4.39 Å². The summed E-state index contributed by atoms with van der Waals surface area (Å²) >= 11 is 5.79. The third kappa shape index (κ3) is 2.77. The zero-order valence-corrected chi connectivity index (χ0v) is 12.4. The molecule has 3 aromatic rings. The van der Waals surface area contributed by atoms with Crippen LogP contribution in [0.5, 0.6) is 0 Å². The second-order valence-corrected chi connectivity index (χ2v) is 5.32. The third-order valence-electron chi connectivity index (χ3n) is 3.41. The Morgan fingerprint density at radius 2 is 2.05 bits per heavy atom. The minimum absolute atomic E-state index is 0.308. The molecule has 0 aliphatic carbocycles. The Bertz CT molecular complexity index is 782. The van der Waals surface area contributed by atoms with Crippen molar-refractivity contribution in [3.05, 3.63) is 64.6 Å². The second-order valence-electron chi connectivity index (χ2n) is 4.89. The molecule has 3 nitrogen and oxygen atoms in total. The van der Waals surface area contributed by atoms with Crippen LogP contribution in [0, 0.1) is 5.82 Å². The summed E-state index contributed by atoms with van der Waals surface area (Å²) in [6.45, 7) is 1.06. The highest BCUT2D eigenvalue weighted by molar-refractivity contribution is 6.30. The molecule has 108 valence electrons. The highest BCUT2D eigenvalue weighted by atomic mass is 35.5. The van der Waals surface area contributed by atoms with Crippen molar-refractivity contribution < 1.29 is 4.39 Å². The first-order valence-electron chi connectivity index (χ1n) is 6.72. The number of aromatic nitrogens is 2. The van der Waals surface area contributed by atoms with Crippen molar-refractivity contribution in [2.75, 3.05) is 7.05 Å². The second kappa shape index (κ2) is 5.84. The molecule has 21 heavy (non-hydrogen) atoms. The fourth-order valence-electron chi connectivity index (χ4n) is 2.43. The lowest BCUT2D eigenvalue weighted by Crippen LogP contribution is -2.08. The van der Waals surface area contributed by atoms with E-state index in [4.69, 9.17) is 11.6 Å². The lowest BCUT2D eigenvalue weighted by Gasteiger charge is -2.05. The van der Waals surface area contributed by atoms with Crippen LogP contribution in [0.4, 0.5) is 4.39 Å². The Balaban J connectivity index is 2.04. The van der Waals surface area contributed by atoms with Crippen molar-refractivity contribution in [2.45, 2.75) is 13.1 Å². The maximum atomic E-state index is 14.0. The van der Waals surface area contributed by atoms with Crippen LogP contribution in [0.3, 0.4) is 0 Å². The molecule has 0 atom stereocenters. The monoisotopic (exact) mass is 303 g/mol. The quantitative estimate of drug-likeness (QED) is 0.798. The van der Waals surface area contributed by atoms with Gasteiger partial charge in [0.2, 0.25) is 0 Å². The van der Waals surface area contributed by atoms with Crippen molar-refractivity contribution in [3.8, 4) is 0 Å². The Hall–Kier alpha value is -1.91. The van der Waals surface area contributed by atoms with Crippen LogP contribution in [0.15, 0.2) is 42.5 Å². The van der Waals surface area contributed by atoms with E-state index in [9.17, 15) is 4.39 Å². The van der Waals surface area contributed by atoms with Crippen molar-refractivity contribution >= 4 is 22.5 Å². The zero-order valence-electron chi connectivity index (χ0n) is 11.6. The van der Waals surface area contributed by atoms with E-state index in [1.807, 2.05) is 36.0 Å². The molecule has 0 aliphatic rings. The average molecular weight is 304 g/mol. The number of nitrogens with zero attached hydrogens (tertiary/aromatic N) is 2. The maximum Gasteiger partial charge on any atom is 0.129 e. The highest BCUT2D eigenvalue weighted by Crippen LogP contribution is 2.21. The van der Waals surface area contributed by atoms with Crippen LogP contribution in [0.2, 0.25) is 5.02 Å². The molecule has 0 saturated carbocycles. The number of halogens is 2. The molecule has 1 N–H and O–H groups in total. The van der Waals surface area contributed by atoms with Crippen LogP contribution in [0.25, 0.3) is 10.9 Å². The van der Waals surface area contributed by atoms with Crippen molar-refractivity contribution in [1.82, 2.24) is 15.1 Å². The average Bonchev–Trinajstić information content (AvgIpc) is 2.81. The molecule has 0 radical (unpaired) electrons. The van der Waals surface area contributed by atoms with Crippen LogP contribution in [0.1, 0.15) is 11.3 Å². The topological polar surface area (TPSA) is 29.9 Å². The van der Waals surface area contributed by atoms with Gasteiger partial charge in [-0.05, 0) is 25.2 Å². The lowest BCUT2D eigenvalue weighted by molar-refractivity contribution is 0.587. The van der Waals surface area contributed by atoms with Crippen LogP contribution in [-0.2, 0) is 13.1 Å². The van der Waals surface area contributed by atoms with Gasteiger partial charge < -0.3 is 5.32 Å². The minimum atomic E-state index is -0.308. The van der Waals surface area contributed by atoms with E-state index in [1.54, 1.807) is 12.1 Å². The predicted molar refractivity (Wildman–Crippen MR) is 83.0 cm³/mol. The summed E-state index contributed by atoms with van der Waals surface area (Å²) in [4.78, 5) is 0. The molecular formula is C16H15ClFN3. The SMILES string of the molecule is CNCc1nn(Cc2ccc(Cl)cc2F)c2ccccc12. The van der Waals surface area contributed by atoms with Crippen LogP contribution in [-0.4, -0.2) is 16.8 Å². The molecule has 0 amide bonds. The molecule has 2 aromatic carbocycles. The minimum Gasteiger partial charge on any atom is -0.314 e. The van der Waals surface area contributed by atoms with E-state index in [0.29, 0.717) is 23.7 Å². The Morgan fingerprint density at radius 3 is 2.81 bits per heavy atom. The summed E-state index contributed by atoms with van der Waals surface area (Å²) < 4.78 is 15.8. The van der Waals surface area contributed by atoms with E-state index in [-0.39, 0.29) is 5.82 Å². The molecule has 3 rings (SSSR count). The number of nitrogens with one attached hydrogen (secondary N) is 1. The number of rotatable bonds is 4. The van der Waals surface area contributed by atoms with Crippen LogP contribution >= 0.6 is 11.6 Å². The van der Waals surface area contributed by atoms with E-state index in [1.165, 1.54) is 6.07 Å². The molecular weight excluding hydrogens is 289 g/mol. The number of hydrogen-bond donors (Lipinski definition) is 1. The van der Waals surface area contributed by atoms with Crippen LogP contribution < -0.4 is 5.32 Å². The molecule has 1 heterocycles. The molecule has 5 heteroatoms. The van der Waals surface area contributed by atoms with Gasteiger partial charge in [0.1, 0.15) is 5.82 Å². The normalized spacial score (nSPS) is 11.2. The Kier molecular flexibility index (Phi) is 3.90. The smallest absolute Gasteiger partial charge is 0.129 e. The van der Waals surface area contributed by atoms with Gasteiger partial charge in [0.15, 0.2) is 0 Å². The van der Waals surface area contributed by atoms with Gasteiger partial charge in [-0.2, -0.15) is 5.10 Å². The van der Waals surface area contributed by atoms with E-state index >= 15 is 0 Å². The van der Waals surface area contributed by atoms with Gasteiger partial charge >= 0.3 is 0 Å². The van der Waals surface area contributed by atoms with Gasteiger partial charge in [0.25, 0.3) is 0 Å². The summed E-state index contributed by atoms with van der Waals surface area (Å²) in [5.74, 6) is -0.308. The molecule has 0 bridgehead atoms. The summed E-state index contributed by atoms with van der Waals surface area (Å²) in [5.41, 5.74) is 2.53. The van der Waals surface area contributed by atoms with Gasteiger partial charge in [0.05, 0.1) is 17.8 Å². The molecule has 0 spiro atoms. The Labute approximate surface area is 127 Å². The standard InChI is InChI=1S/C16H15ClFN3/c1-19-9-15-13-4-2-3-5-16(13)21(20-15)10-11-6-7-12(17)8-14(11)18/h2-8,19H,9-10H2,1H3. The summed E-state index contributed by atoms with van der Waals surface area (Å²) in [7, 11) is 1.88. The summed E-state index contributed by atoms with van der Waals surface area (Å²) in [6, 6.07) is 12.7. The number of para-hydroxylation sites is 1. The van der Waals surface area contributed by atoms with E-state index in [0.717, 1.165) is 16.6 Å². The van der Waals surface area contributed by atoms with Gasteiger partial charge in [-0.3, -0.25) is 4.68 Å².